The van der Waals surface area contributed by atoms with E-state index in [1.807, 2.05) is 25.1 Å². The number of benzene rings is 1. The van der Waals surface area contributed by atoms with Crippen LogP contribution in [-0.2, 0) is 13.0 Å². The van der Waals surface area contributed by atoms with E-state index in [-0.39, 0.29) is 24.0 Å². The highest BCUT2D eigenvalue weighted by atomic mass is 127. The lowest BCUT2D eigenvalue weighted by Gasteiger charge is -2.14. The highest BCUT2D eigenvalue weighted by molar-refractivity contribution is 14.0. The highest BCUT2D eigenvalue weighted by Gasteiger charge is 2.06. The Morgan fingerprint density at radius 1 is 1.19 bits per heavy atom. The minimum Gasteiger partial charge on any atom is -0.497 e. The maximum Gasteiger partial charge on any atom is 0.191 e. The molecule has 0 saturated carbocycles. The fourth-order valence-electron chi connectivity index (χ4n) is 2.52. The van der Waals surface area contributed by atoms with Crippen LogP contribution in [0.3, 0.4) is 0 Å². The standard InChI is InChI=1S/C19H28N4O2S.HI/c1-14-13-26-18(23-14)7-5-6-10-21-19(20-2)22-12-15-8-9-16(24-3)11-17(15)25-4;/h8-9,11,13H,5-7,10,12H2,1-4H3,(H2,20,21,22);1H. The third-order valence-corrected chi connectivity index (χ3v) is 4.97. The van der Waals surface area contributed by atoms with Gasteiger partial charge >= 0.3 is 0 Å². The molecule has 2 N–H and O–H groups in total. The lowest BCUT2D eigenvalue weighted by molar-refractivity contribution is 0.390. The fourth-order valence-corrected chi connectivity index (χ4v) is 3.34. The van der Waals surface area contributed by atoms with Crippen molar-refractivity contribution in [3.63, 3.8) is 0 Å². The van der Waals surface area contributed by atoms with Crippen molar-refractivity contribution in [2.24, 2.45) is 4.99 Å². The van der Waals surface area contributed by atoms with Crippen LogP contribution >= 0.6 is 35.3 Å². The summed E-state index contributed by atoms with van der Waals surface area (Å²) in [6.07, 6.45) is 3.23. The van der Waals surface area contributed by atoms with Gasteiger partial charge < -0.3 is 20.1 Å². The Bertz CT molecular complexity index is 721. The number of aryl methyl sites for hydroxylation is 2. The Kier molecular flexibility index (Phi) is 11.1. The van der Waals surface area contributed by atoms with Crippen LogP contribution in [0.5, 0.6) is 11.5 Å². The number of nitrogens with one attached hydrogen (secondary N) is 2. The maximum atomic E-state index is 5.43. The second kappa shape index (κ2) is 12.8. The molecule has 8 heteroatoms. The van der Waals surface area contributed by atoms with Gasteiger partial charge in [-0.15, -0.1) is 35.3 Å². The summed E-state index contributed by atoms with van der Waals surface area (Å²) in [4.78, 5) is 8.76. The van der Waals surface area contributed by atoms with Crippen molar-refractivity contribution in [3.05, 3.63) is 39.8 Å². The van der Waals surface area contributed by atoms with Crippen LogP contribution in [0.25, 0.3) is 0 Å². The monoisotopic (exact) mass is 504 g/mol. The predicted molar refractivity (Wildman–Crippen MR) is 123 cm³/mol. The third-order valence-electron chi connectivity index (χ3n) is 3.94. The number of aliphatic imine (C=N–C) groups is 1. The first kappa shape index (κ1) is 23.5. The van der Waals surface area contributed by atoms with E-state index in [0.29, 0.717) is 6.54 Å². The lowest BCUT2D eigenvalue weighted by Crippen LogP contribution is -2.37. The van der Waals surface area contributed by atoms with E-state index in [4.69, 9.17) is 9.47 Å². The average molecular weight is 504 g/mol. The Morgan fingerprint density at radius 2 is 2.00 bits per heavy atom. The molecule has 0 amide bonds. The number of thiazole rings is 1. The van der Waals surface area contributed by atoms with Gasteiger partial charge in [0.15, 0.2) is 5.96 Å². The van der Waals surface area contributed by atoms with Crippen molar-refractivity contribution >= 4 is 41.3 Å². The molecule has 0 unspecified atom stereocenters. The molecule has 2 rings (SSSR count). The number of hydrogen-bond acceptors (Lipinski definition) is 5. The van der Waals surface area contributed by atoms with Crippen LogP contribution in [0.2, 0.25) is 0 Å². The van der Waals surface area contributed by atoms with Gasteiger partial charge in [-0.25, -0.2) is 4.98 Å². The zero-order valence-corrected chi connectivity index (χ0v) is 19.5. The second-order valence-electron chi connectivity index (χ2n) is 5.87. The SMILES string of the molecule is CN=C(NCCCCc1nc(C)cs1)NCc1ccc(OC)cc1OC.I. The van der Waals surface area contributed by atoms with Crippen molar-refractivity contribution in [2.45, 2.75) is 32.7 Å². The number of unbranched alkanes of at least 4 members (excludes halogenated alkanes) is 1. The van der Waals surface area contributed by atoms with Crippen molar-refractivity contribution in [1.82, 2.24) is 15.6 Å². The Hall–Kier alpha value is -1.55. The van der Waals surface area contributed by atoms with Crippen LogP contribution in [0.1, 0.15) is 29.1 Å². The molecule has 150 valence electrons. The predicted octanol–water partition coefficient (Wildman–Crippen LogP) is 3.77. The summed E-state index contributed by atoms with van der Waals surface area (Å²) in [5.74, 6) is 2.36. The number of ether oxygens (including phenoxy) is 2. The van der Waals surface area contributed by atoms with E-state index in [1.54, 1.807) is 32.6 Å². The molecule has 0 bridgehead atoms. The van der Waals surface area contributed by atoms with E-state index in [0.717, 1.165) is 54.5 Å². The molecule has 1 aromatic carbocycles. The van der Waals surface area contributed by atoms with Crippen LogP contribution in [0.15, 0.2) is 28.6 Å². The van der Waals surface area contributed by atoms with Gasteiger partial charge in [0.25, 0.3) is 0 Å². The number of rotatable bonds is 9. The quantitative estimate of drug-likeness (QED) is 0.236. The molecule has 1 aromatic heterocycles. The van der Waals surface area contributed by atoms with Crippen molar-refractivity contribution in [2.75, 3.05) is 27.8 Å². The van der Waals surface area contributed by atoms with E-state index < -0.39 is 0 Å². The Labute approximate surface area is 182 Å². The molecule has 27 heavy (non-hydrogen) atoms. The molecule has 0 saturated heterocycles. The summed E-state index contributed by atoms with van der Waals surface area (Å²) in [6.45, 7) is 3.55. The molecular formula is C19H29IN4O2S. The molecule has 0 atom stereocenters. The minimum absolute atomic E-state index is 0. The number of hydrogen-bond donors (Lipinski definition) is 2. The molecule has 6 nitrogen and oxygen atoms in total. The summed E-state index contributed by atoms with van der Waals surface area (Å²) in [7, 11) is 5.09. The smallest absolute Gasteiger partial charge is 0.191 e. The molecule has 2 aromatic rings. The molecule has 0 aliphatic carbocycles. The van der Waals surface area contributed by atoms with Crippen LogP contribution in [-0.4, -0.2) is 38.8 Å². The topological polar surface area (TPSA) is 67.8 Å². The minimum atomic E-state index is 0. The van der Waals surface area contributed by atoms with Gasteiger partial charge in [-0.2, -0.15) is 0 Å². The lowest BCUT2D eigenvalue weighted by atomic mass is 10.2. The molecule has 0 fully saturated rings. The van der Waals surface area contributed by atoms with E-state index in [1.165, 1.54) is 5.01 Å². The normalized spacial score (nSPS) is 10.9. The fraction of sp³-hybridized carbons (Fsp3) is 0.474. The van der Waals surface area contributed by atoms with Crippen molar-refractivity contribution < 1.29 is 9.47 Å². The molecule has 0 aliphatic heterocycles. The zero-order valence-electron chi connectivity index (χ0n) is 16.4. The maximum absolute atomic E-state index is 5.43. The molecule has 0 spiro atoms. The first-order valence-electron chi connectivity index (χ1n) is 8.72. The van der Waals surface area contributed by atoms with Gasteiger partial charge in [-0.1, -0.05) is 0 Å². The summed E-state index contributed by atoms with van der Waals surface area (Å²) in [5.41, 5.74) is 2.16. The largest absolute Gasteiger partial charge is 0.497 e. The van der Waals surface area contributed by atoms with Gasteiger partial charge in [0.1, 0.15) is 11.5 Å². The Morgan fingerprint density at radius 3 is 2.63 bits per heavy atom. The zero-order chi connectivity index (χ0) is 18.8. The van der Waals surface area contributed by atoms with Crippen LogP contribution < -0.4 is 20.1 Å². The number of halogens is 1. The average Bonchev–Trinajstić information content (AvgIpc) is 3.08. The molecule has 0 aliphatic rings. The Balaban J connectivity index is 0.00000364. The number of nitrogens with zero attached hydrogens (tertiary/aromatic N) is 2. The van der Waals surface area contributed by atoms with Gasteiger partial charge in [0.05, 0.1) is 19.2 Å². The van der Waals surface area contributed by atoms with Gasteiger partial charge in [-0.3, -0.25) is 4.99 Å². The van der Waals surface area contributed by atoms with E-state index in [2.05, 4.69) is 26.0 Å². The molecular weight excluding hydrogens is 475 g/mol. The number of aromatic nitrogens is 1. The van der Waals surface area contributed by atoms with Crippen molar-refractivity contribution in [3.8, 4) is 11.5 Å². The first-order valence-corrected chi connectivity index (χ1v) is 9.60. The van der Waals surface area contributed by atoms with Crippen LogP contribution in [0.4, 0.5) is 0 Å². The number of methoxy groups -OCH3 is 2. The summed E-state index contributed by atoms with van der Waals surface area (Å²) >= 11 is 1.74. The van der Waals surface area contributed by atoms with E-state index in [9.17, 15) is 0 Å². The van der Waals surface area contributed by atoms with Gasteiger partial charge in [0.2, 0.25) is 0 Å². The van der Waals surface area contributed by atoms with Gasteiger partial charge in [-0.05, 0) is 38.3 Å². The van der Waals surface area contributed by atoms with Crippen LogP contribution in [0, 0.1) is 6.92 Å². The number of guanidine groups is 1. The van der Waals surface area contributed by atoms with E-state index >= 15 is 0 Å². The summed E-state index contributed by atoms with van der Waals surface area (Å²) in [6, 6.07) is 5.80. The third kappa shape index (κ3) is 7.92. The summed E-state index contributed by atoms with van der Waals surface area (Å²) < 4.78 is 10.7. The van der Waals surface area contributed by atoms with Crippen molar-refractivity contribution in [1.29, 1.82) is 0 Å². The first-order chi connectivity index (χ1) is 12.7. The highest BCUT2D eigenvalue weighted by Crippen LogP contribution is 2.24. The molecule has 0 radical (unpaired) electrons. The second-order valence-corrected chi connectivity index (χ2v) is 6.81. The van der Waals surface area contributed by atoms with Gasteiger partial charge in [0, 0.05) is 42.8 Å². The molecule has 1 heterocycles. The summed E-state index contributed by atoms with van der Waals surface area (Å²) in [5, 5.41) is 9.99.